The summed E-state index contributed by atoms with van der Waals surface area (Å²) in [5, 5.41) is 4.87. The second-order valence-corrected chi connectivity index (χ2v) is 5.13. The van der Waals surface area contributed by atoms with Gasteiger partial charge in [-0.3, -0.25) is 4.90 Å². The zero-order valence-electron chi connectivity index (χ0n) is 11.8. The zero-order chi connectivity index (χ0) is 15.5. The van der Waals surface area contributed by atoms with Gasteiger partial charge in [0.15, 0.2) is 5.82 Å². The number of para-hydroxylation sites is 1. The monoisotopic (exact) mass is 312 g/mol. The second kappa shape index (κ2) is 5.99. The molecule has 0 radical (unpaired) electrons. The Hall–Kier alpha value is -2.66. The maximum Gasteiger partial charge on any atom is 0.350 e. The molecular formula is C16H13ClN4O. The van der Waals surface area contributed by atoms with Crippen LogP contribution in [0.25, 0.3) is 11.4 Å². The van der Waals surface area contributed by atoms with Crippen molar-refractivity contribution in [3.63, 3.8) is 0 Å². The van der Waals surface area contributed by atoms with E-state index in [1.54, 1.807) is 19.2 Å². The summed E-state index contributed by atoms with van der Waals surface area (Å²) < 4.78 is 1.22. The molecule has 6 heteroatoms. The van der Waals surface area contributed by atoms with Crippen LogP contribution in [0.1, 0.15) is 0 Å². The topological polar surface area (TPSA) is 51.0 Å². The minimum Gasteiger partial charge on any atom is -0.296 e. The third-order valence-electron chi connectivity index (χ3n) is 3.22. The largest absolute Gasteiger partial charge is 0.350 e. The molecule has 1 amide bonds. The Morgan fingerprint density at radius 1 is 1.09 bits per heavy atom. The van der Waals surface area contributed by atoms with E-state index in [0.29, 0.717) is 10.8 Å². The molecule has 0 N–H and O–H groups in total. The molecule has 2 aromatic carbocycles. The highest BCUT2D eigenvalue weighted by atomic mass is 35.5. The lowest BCUT2D eigenvalue weighted by atomic mass is 10.2. The lowest BCUT2D eigenvalue weighted by Gasteiger charge is -2.16. The van der Waals surface area contributed by atoms with Crippen LogP contribution in [0.15, 0.2) is 60.9 Å². The minimum absolute atomic E-state index is 0.279. The van der Waals surface area contributed by atoms with E-state index in [9.17, 15) is 4.79 Å². The first-order valence-electron chi connectivity index (χ1n) is 6.66. The molecule has 3 rings (SSSR count). The molecule has 0 spiro atoms. The van der Waals surface area contributed by atoms with Crippen LogP contribution in [-0.4, -0.2) is 27.8 Å². The first kappa shape index (κ1) is 14.3. The predicted octanol–water partition coefficient (Wildman–Crippen LogP) is 3.70. The van der Waals surface area contributed by atoms with Crippen LogP contribution in [-0.2, 0) is 0 Å². The van der Waals surface area contributed by atoms with Crippen molar-refractivity contribution in [1.82, 2.24) is 14.8 Å². The summed E-state index contributed by atoms with van der Waals surface area (Å²) in [6, 6.07) is 16.2. The Kier molecular flexibility index (Phi) is 3.89. The number of carbonyl (C=O) groups excluding carboxylic acids is 1. The van der Waals surface area contributed by atoms with Crippen LogP contribution < -0.4 is 4.90 Å². The van der Waals surface area contributed by atoms with Crippen molar-refractivity contribution in [2.75, 3.05) is 11.9 Å². The van der Waals surface area contributed by atoms with E-state index in [1.165, 1.54) is 15.9 Å². The summed E-state index contributed by atoms with van der Waals surface area (Å²) in [6.07, 6.45) is 1.41. The number of halogens is 1. The SMILES string of the molecule is CN(C(=O)n1cnc(-c2ccc(Cl)cc2)n1)c1ccccc1. The van der Waals surface area contributed by atoms with E-state index in [2.05, 4.69) is 10.1 Å². The van der Waals surface area contributed by atoms with E-state index >= 15 is 0 Å². The third-order valence-corrected chi connectivity index (χ3v) is 3.47. The van der Waals surface area contributed by atoms with Gasteiger partial charge in [-0.25, -0.2) is 9.78 Å². The van der Waals surface area contributed by atoms with Crippen molar-refractivity contribution in [3.8, 4) is 11.4 Å². The molecule has 0 saturated heterocycles. The van der Waals surface area contributed by atoms with Crippen LogP contribution in [0.3, 0.4) is 0 Å². The fourth-order valence-electron chi connectivity index (χ4n) is 2.00. The Balaban J connectivity index is 1.84. The van der Waals surface area contributed by atoms with E-state index in [0.717, 1.165) is 11.3 Å². The molecule has 5 nitrogen and oxygen atoms in total. The normalized spacial score (nSPS) is 10.5. The summed E-state index contributed by atoms with van der Waals surface area (Å²) in [5.41, 5.74) is 1.59. The highest BCUT2D eigenvalue weighted by Gasteiger charge is 2.15. The molecule has 0 aliphatic heterocycles. The quantitative estimate of drug-likeness (QED) is 0.725. The molecule has 0 atom stereocenters. The molecule has 0 aliphatic carbocycles. The van der Waals surface area contributed by atoms with Crippen molar-refractivity contribution >= 4 is 23.3 Å². The summed E-state index contributed by atoms with van der Waals surface area (Å²) >= 11 is 5.86. The molecule has 0 unspecified atom stereocenters. The Labute approximate surface area is 132 Å². The zero-order valence-corrected chi connectivity index (χ0v) is 12.6. The highest BCUT2D eigenvalue weighted by Crippen LogP contribution is 2.18. The molecule has 110 valence electrons. The summed E-state index contributed by atoms with van der Waals surface area (Å²) in [6.45, 7) is 0. The number of hydrogen-bond acceptors (Lipinski definition) is 3. The van der Waals surface area contributed by atoms with Crippen molar-refractivity contribution < 1.29 is 4.79 Å². The van der Waals surface area contributed by atoms with Gasteiger partial charge in [-0.15, -0.1) is 5.10 Å². The molecule has 1 aromatic heterocycles. The van der Waals surface area contributed by atoms with Gasteiger partial charge in [0.05, 0.1) is 0 Å². The van der Waals surface area contributed by atoms with Crippen molar-refractivity contribution in [3.05, 3.63) is 65.9 Å². The minimum atomic E-state index is -0.279. The highest BCUT2D eigenvalue weighted by molar-refractivity contribution is 6.30. The number of amides is 1. The Morgan fingerprint density at radius 3 is 2.45 bits per heavy atom. The lowest BCUT2D eigenvalue weighted by Crippen LogP contribution is -2.31. The van der Waals surface area contributed by atoms with Gasteiger partial charge >= 0.3 is 6.03 Å². The average molecular weight is 313 g/mol. The molecule has 22 heavy (non-hydrogen) atoms. The number of hydrogen-bond donors (Lipinski definition) is 0. The molecule has 0 aliphatic rings. The van der Waals surface area contributed by atoms with Crippen molar-refractivity contribution in [2.24, 2.45) is 0 Å². The fraction of sp³-hybridized carbons (Fsp3) is 0.0625. The number of aromatic nitrogens is 3. The first-order valence-corrected chi connectivity index (χ1v) is 7.03. The van der Waals surface area contributed by atoms with Gasteiger partial charge in [-0.1, -0.05) is 29.8 Å². The Morgan fingerprint density at radius 2 is 1.77 bits per heavy atom. The lowest BCUT2D eigenvalue weighted by molar-refractivity contribution is 0.246. The smallest absolute Gasteiger partial charge is 0.296 e. The molecule has 0 bridgehead atoms. The standard InChI is InChI=1S/C16H13ClN4O/c1-20(14-5-3-2-4-6-14)16(22)21-11-18-15(19-21)12-7-9-13(17)10-8-12/h2-11H,1H3. The van der Waals surface area contributed by atoms with Gasteiger partial charge in [-0.05, 0) is 36.4 Å². The summed E-state index contributed by atoms with van der Waals surface area (Å²) in [4.78, 5) is 18.1. The van der Waals surface area contributed by atoms with Crippen molar-refractivity contribution in [1.29, 1.82) is 0 Å². The molecular weight excluding hydrogens is 300 g/mol. The van der Waals surface area contributed by atoms with Gasteiger partial charge in [-0.2, -0.15) is 4.68 Å². The van der Waals surface area contributed by atoms with E-state index in [4.69, 9.17) is 11.6 Å². The van der Waals surface area contributed by atoms with Gasteiger partial charge in [0.2, 0.25) is 0 Å². The number of anilines is 1. The van der Waals surface area contributed by atoms with Gasteiger partial charge in [0, 0.05) is 23.3 Å². The van der Waals surface area contributed by atoms with E-state index in [1.807, 2.05) is 42.5 Å². The number of rotatable bonds is 2. The van der Waals surface area contributed by atoms with E-state index in [-0.39, 0.29) is 6.03 Å². The summed E-state index contributed by atoms with van der Waals surface area (Å²) in [5.74, 6) is 0.478. The van der Waals surface area contributed by atoms with Gasteiger partial charge < -0.3 is 0 Å². The number of nitrogens with zero attached hydrogens (tertiary/aromatic N) is 4. The fourth-order valence-corrected chi connectivity index (χ4v) is 2.13. The van der Waals surface area contributed by atoms with Gasteiger partial charge in [0.25, 0.3) is 0 Å². The number of benzene rings is 2. The second-order valence-electron chi connectivity index (χ2n) is 4.70. The average Bonchev–Trinajstić information content (AvgIpc) is 3.05. The third kappa shape index (κ3) is 2.84. The van der Waals surface area contributed by atoms with Crippen LogP contribution in [0.4, 0.5) is 10.5 Å². The van der Waals surface area contributed by atoms with E-state index < -0.39 is 0 Å². The van der Waals surface area contributed by atoms with Crippen LogP contribution in [0.2, 0.25) is 5.02 Å². The molecule has 0 fully saturated rings. The molecule has 3 aromatic rings. The van der Waals surface area contributed by atoms with Crippen LogP contribution >= 0.6 is 11.6 Å². The maximum absolute atomic E-state index is 12.4. The predicted molar refractivity (Wildman–Crippen MR) is 86.1 cm³/mol. The Bertz CT molecular complexity index is 783. The molecule has 1 heterocycles. The first-order chi connectivity index (χ1) is 10.6. The van der Waals surface area contributed by atoms with Crippen LogP contribution in [0, 0.1) is 0 Å². The molecule has 0 saturated carbocycles. The van der Waals surface area contributed by atoms with Gasteiger partial charge in [0.1, 0.15) is 6.33 Å². The number of carbonyl (C=O) groups is 1. The van der Waals surface area contributed by atoms with Crippen molar-refractivity contribution in [2.45, 2.75) is 0 Å². The van der Waals surface area contributed by atoms with Crippen LogP contribution in [0.5, 0.6) is 0 Å². The maximum atomic E-state index is 12.4. The summed E-state index contributed by atoms with van der Waals surface area (Å²) in [7, 11) is 1.70.